The summed E-state index contributed by atoms with van der Waals surface area (Å²) >= 11 is 3.19. The Hall–Kier alpha value is -3.95. The van der Waals surface area contributed by atoms with Crippen LogP contribution in [0.4, 0.5) is 24.5 Å². The summed E-state index contributed by atoms with van der Waals surface area (Å²) < 4.78 is 38.7. The number of piperidine rings is 1. The third-order valence-corrected chi connectivity index (χ3v) is 7.35. The molecule has 0 bridgehead atoms. The molecular formula is C25H26BrF3N6O6. The standard InChI is InChI=1S/C25H26BrF3N6O6/c1-14-9-15(10-20(36)30-14)22(37)34-4-2-3-17(13-34)31-21-18(11-16(26)12-19(21)35(40)41)23(38)32-5-7-33(8-6-32)24(39)25(27,28)29/h9-12,17,31H,2-8,13H2,1H3,(H,30,36)/t17-/m1/s1. The smallest absolute Gasteiger partial charge is 0.374 e. The van der Waals surface area contributed by atoms with E-state index in [1.807, 2.05) is 0 Å². The Morgan fingerprint density at radius 3 is 2.29 bits per heavy atom. The summed E-state index contributed by atoms with van der Waals surface area (Å²) in [5.41, 5.74) is -0.247. The molecule has 2 aliphatic heterocycles. The maximum atomic E-state index is 13.5. The predicted molar refractivity (Wildman–Crippen MR) is 144 cm³/mol. The molecule has 0 spiro atoms. The summed E-state index contributed by atoms with van der Waals surface area (Å²) in [6.07, 6.45) is -3.95. The van der Waals surface area contributed by atoms with Crippen molar-refractivity contribution < 1.29 is 32.5 Å². The minimum absolute atomic E-state index is 0.0738. The number of nitrogens with zero attached hydrogens (tertiary/aromatic N) is 4. The number of aromatic amines is 1. The van der Waals surface area contributed by atoms with Gasteiger partial charge in [0.05, 0.1) is 10.5 Å². The van der Waals surface area contributed by atoms with Crippen LogP contribution in [0.1, 0.15) is 39.3 Å². The second kappa shape index (κ2) is 11.9. The number of anilines is 1. The van der Waals surface area contributed by atoms with Crippen LogP contribution in [-0.4, -0.2) is 93.8 Å². The first-order valence-corrected chi connectivity index (χ1v) is 13.4. The van der Waals surface area contributed by atoms with Crippen molar-refractivity contribution in [3.8, 4) is 0 Å². The van der Waals surface area contributed by atoms with Gasteiger partial charge in [-0.25, -0.2) is 0 Å². The topological polar surface area (TPSA) is 149 Å². The second-order valence-electron chi connectivity index (χ2n) is 9.84. The molecule has 2 aromatic rings. The number of rotatable bonds is 5. The van der Waals surface area contributed by atoms with E-state index in [0.29, 0.717) is 30.0 Å². The highest BCUT2D eigenvalue weighted by molar-refractivity contribution is 9.10. The number of carbonyl (C=O) groups is 3. The van der Waals surface area contributed by atoms with Gasteiger partial charge in [0, 0.05) is 73.2 Å². The number of halogens is 4. The monoisotopic (exact) mass is 642 g/mol. The van der Waals surface area contributed by atoms with Gasteiger partial charge in [0.25, 0.3) is 17.5 Å². The summed E-state index contributed by atoms with van der Waals surface area (Å²) in [6, 6.07) is 4.88. The van der Waals surface area contributed by atoms with Crippen molar-refractivity contribution in [2.45, 2.75) is 32.0 Å². The van der Waals surface area contributed by atoms with Crippen LogP contribution >= 0.6 is 15.9 Å². The summed E-state index contributed by atoms with van der Waals surface area (Å²) in [6.45, 7) is 1.12. The summed E-state index contributed by atoms with van der Waals surface area (Å²) in [7, 11) is 0. The molecule has 0 aliphatic carbocycles. The molecule has 2 aliphatic rings. The Kier molecular flexibility index (Phi) is 8.70. The first-order valence-electron chi connectivity index (χ1n) is 12.6. The second-order valence-corrected chi connectivity index (χ2v) is 10.8. The fraction of sp³-hybridized carbons (Fsp3) is 0.440. The van der Waals surface area contributed by atoms with Gasteiger partial charge in [-0.05, 0) is 31.9 Å². The van der Waals surface area contributed by atoms with Gasteiger partial charge in [0.2, 0.25) is 5.56 Å². The number of H-pyrrole nitrogens is 1. The molecule has 2 fully saturated rings. The van der Waals surface area contributed by atoms with Gasteiger partial charge in [-0.3, -0.25) is 29.3 Å². The van der Waals surface area contributed by atoms with Crippen LogP contribution in [0.5, 0.6) is 0 Å². The zero-order valence-corrected chi connectivity index (χ0v) is 23.4. The molecule has 2 N–H and O–H groups in total. The molecule has 220 valence electrons. The number of piperazine rings is 1. The molecule has 1 aromatic heterocycles. The average Bonchev–Trinajstić information content (AvgIpc) is 2.91. The molecule has 2 saturated heterocycles. The van der Waals surface area contributed by atoms with Crippen molar-refractivity contribution in [2.24, 2.45) is 0 Å². The van der Waals surface area contributed by atoms with Gasteiger partial charge in [-0.1, -0.05) is 15.9 Å². The lowest BCUT2D eigenvalue weighted by Crippen LogP contribution is -2.53. The van der Waals surface area contributed by atoms with E-state index in [-0.39, 0.29) is 59.9 Å². The number of aryl methyl sites for hydroxylation is 1. The first-order chi connectivity index (χ1) is 19.2. The molecule has 3 amide bonds. The zero-order valence-electron chi connectivity index (χ0n) is 21.8. The Bertz CT molecular complexity index is 1440. The minimum Gasteiger partial charge on any atom is -0.374 e. The number of hydrogen-bond acceptors (Lipinski definition) is 7. The Morgan fingerprint density at radius 1 is 1.02 bits per heavy atom. The van der Waals surface area contributed by atoms with Crippen LogP contribution in [-0.2, 0) is 4.79 Å². The number of nitro benzene ring substituents is 1. The Balaban J connectivity index is 1.56. The van der Waals surface area contributed by atoms with Crippen LogP contribution in [0.15, 0.2) is 33.5 Å². The third kappa shape index (κ3) is 6.86. The third-order valence-electron chi connectivity index (χ3n) is 6.89. The van der Waals surface area contributed by atoms with E-state index in [2.05, 4.69) is 26.2 Å². The largest absolute Gasteiger partial charge is 0.471 e. The van der Waals surface area contributed by atoms with E-state index in [1.54, 1.807) is 13.0 Å². The number of pyridine rings is 1. The van der Waals surface area contributed by atoms with Crippen molar-refractivity contribution in [1.82, 2.24) is 19.7 Å². The van der Waals surface area contributed by atoms with Crippen molar-refractivity contribution >= 4 is 45.0 Å². The lowest BCUT2D eigenvalue weighted by molar-refractivity contribution is -0.384. The van der Waals surface area contributed by atoms with Gasteiger partial charge in [-0.2, -0.15) is 13.2 Å². The summed E-state index contributed by atoms with van der Waals surface area (Å²) in [5, 5.41) is 15.0. The first kappa shape index (κ1) is 30.0. The number of carbonyl (C=O) groups excluding carboxylic acids is 3. The van der Waals surface area contributed by atoms with Crippen LogP contribution < -0.4 is 10.9 Å². The van der Waals surface area contributed by atoms with Crippen molar-refractivity contribution in [3.05, 3.63) is 66.0 Å². The van der Waals surface area contributed by atoms with Gasteiger partial charge in [-0.15, -0.1) is 0 Å². The molecule has 1 aromatic carbocycles. The Morgan fingerprint density at radius 2 is 1.68 bits per heavy atom. The highest BCUT2D eigenvalue weighted by Gasteiger charge is 2.43. The number of aromatic nitrogens is 1. The normalized spacial score (nSPS) is 17.8. The lowest BCUT2D eigenvalue weighted by Gasteiger charge is -2.36. The number of nitro groups is 1. The van der Waals surface area contributed by atoms with Crippen molar-refractivity contribution in [1.29, 1.82) is 0 Å². The lowest BCUT2D eigenvalue weighted by atomic mass is 10.0. The quantitative estimate of drug-likeness (QED) is 0.376. The molecule has 12 nitrogen and oxygen atoms in total. The molecule has 4 rings (SSSR count). The molecule has 3 heterocycles. The van der Waals surface area contributed by atoms with Crippen LogP contribution in [0.25, 0.3) is 0 Å². The Labute approximate surface area is 239 Å². The minimum atomic E-state index is -5.03. The highest BCUT2D eigenvalue weighted by Crippen LogP contribution is 2.35. The number of nitrogens with one attached hydrogen (secondary N) is 2. The van der Waals surface area contributed by atoms with E-state index < -0.39 is 40.2 Å². The van der Waals surface area contributed by atoms with E-state index in [0.717, 1.165) is 0 Å². The van der Waals surface area contributed by atoms with Crippen LogP contribution in [0.2, 0.25) is 0 Å². The molecular weight excluding hydrogens is 617 g/mol. The maximum absolute atomic E-state index is 13.5. The van der Waals surface area contributed by atoms with Gasteiger partial charge < -0.3 is 25.0 Å². The fourth-order valence-electron chi connectivity index (χ4n) is 4.99. The average molecular weight is 643 g/mol. The SMILES string of the molecule is Cc1cc(C(=O)N2CCC[C@@H](Nc3c(C(=O)N4CCN(C(=O)C(F)(F)F)CC4)cc(Br)cc3[N+](=O)[O-])C2)cc(=O)[nH]1. The number of likely N-dealkylation sites (tertiary alicyclic amines) is 1. The van der Waals surface area contributed by atoms with Crippen LogP contribution in [0.3, 0.4) is 0 Å². The van der Waals surface area contributed by atoms with E-state index in [1.165, 1.54) is 28.0 Å². The van der Waals surface area contributed by atoms with Crippen molar-refractivity contribution in [3.63, 3.8) is 0 Å². The van der Waals surface area contributed by atoms with Gasteiger partial charge in [0.1, 0.15) is 5.69 Å². The summed E-state index contributed by atoms with van der Waals surface area (Å²) in [5.74, 6) is -3.02. The maximum Gasteiger partial charge on any atom is 0.471 e. The molecule has 1 atom stereocenters. The highest BCUT2D eigenvalue weighted by atomic mass is 79.9. The zero-order chi connectivity index (χ0) is 30.1. The fourth-order valence-corrected chi connectivity index (χ4v) is 5.44. The van der Waals surface area contributed by atoms with Crippen LogP contribution in [0, 0.1) is 17.0 Å². The molecule has 0 saturated carbocycles. The van der Waals surface area contributed by atoms with E-state index in [4.69, 9.17) is 0 Å². The van der Waals surface area contributed by atoms with E-state index >= 15 is 0 Å². The molecule has 0 radical (unpaired) electrons. The molecule has 0 unspecified atom stereocenters. The number of benzene rings is 1. The van der Waals surface area contributed by atoms with Gasteiger partial charge in [0.15, 0.2) is 0 Å². The predicted octanol–water partition coefficient (Wildman–Crippen LogP) is 2.92. The molecule has 16 heteroatoms. The van der Waals surface area contributed by atoms with Gasteiger partial charge >= 0.3 is 12.1 Å². The summed E-state index contributed by atoms with van der Waals surface area (Å²) in [4.78, 5) is 67.3. The molecule has 41 heavy (non-hydrogen) atoms. The number of hydrogen-bond donors (Lipinski definition) is 2. The number of amides is 3. The van der Waals surface area contributed by atoms with E-state index in [9.17, 15) is 42.5 Å². The van der Waals surface area contributed by atoms with Crippen molar-refractivity contribution in [2.75, 3.05) is 44.6 Å². The number of alkyl halides is 3.